The minimum absolute atomic E-state index is 0.0743. The van der Waals surface area contributed by atoms with Gasteiger partial charge in [0, 0.05) is 17.1 Å². The maximum absolute atomic E-state index is 13.4. The van der Waals surface area contributed by atoms with Crippen molar-refractivity contribution in [2.45, 2.75) is 41.9 Å². The number of nitrogens with one attached hydrogen (secondary N) is 2. The summed E-state index contributed by atoms with van der Waals surface area (Å²) in [6.45, 7) is -0.152. The van der Waals surface area contributed by atoms with Gasteiger partial charge in [0.25, 0.3) is 5.91 Å². The summed E-state index contributed by atoms with van der Waals surface area (Å²) in [4.78, 5) is 35.9. The summed E-state index contributed by atoms with van der Waals surface area (Å²) in [6.07, 6.45) is 1.80. The van der Waals surface area contributed by atoms with Gasteiger partial charge >= 0.3 is 0 Å². The van der Waals surface area contributed by atoms with Crippen LogP contribution in [0.4, 0.5) is 0 Å². The Morgan fingerprint density at radius 3 is 2.09 bits per heavy atom. The molecule has 32 heavy (non-hydrogen) atoms. The molecule has 0 bridgehead atoms. The number of hydrogen-bond acceptors (Lipinski definition) is 5. The maximum Gasteiger partial charge on any atom is 0.251 e. The summed E-state index contributed by atoms with van der Waals surface area (Å²) in [5, 5.41) is 5.56. The van der Waals surface area contributed by atoms with Crippen molar-refractivity contribution in [2.24, 2.45) is 5.73 Å². The molecule has 3 rings (SSSR count). The monoisotopic (exact) mass is 477 g/mol. The van der Waals surface area contributed by atoms with E-state index < -0.39 is 32.3 Å². The first kappa shape index (κ1) is 23.7. The van der Waals surface area contributed by atoms with Crippen LogP contribution < -0.4 is 16.4 Å². The number of sulfone groups is 1. The molecule has 0 saturated heterocycles. The van der Waals surface area contributed by atoms with Gasteiger partial charge in [-0.2, -0.15) is 0 Å². The first-order chi connectivity index (χ1) is 15.2. The van der Waals surface area contributed by atoms with Gasteiger partial charge in [0.15, 0.2) is 14.6 Å². The second-order valence-corrected chi connectivity index (χ2v) is 10.4. The quantitative estimate of drug-likeness (QED) is 0.534. The summed E-state index contributed by atoms with van der Waals surface area (Å²) < 4.78 is 25.2. The molecule has 10 heteroatoms. The molecule has 170 valence electrons. The highest BCUT2D eigenvalue weighted by atomic mass is 35.5. The highest BCUT2D eigenvalue weighted by Crippen LogP contribution is 2.41. The van der Waals surface area contributed by atoms with Crippen LogP contribution in [0.1, 0.15) is 41.6 Å². The van der Waals surface area contributed by atoms with Crippen molar-refractivity contribution in [1.82, 2.24) is 10.6 Å². The van der Waals surface area contributed by atoms with Crippen LogP contribution in [-0.4, -0.2) is 37.4 Å². The van der Waals surface area contributed by atoms with Crippen LogP contribution >= 0.6 is 11.6 Å². The van der Waals surface area contributed by atoms with Crippen molar-refractivity contribution >= 4 is 39.2 Å². The maximum atomic E-state index is 13.4. The number of carbonyl (C=O) groups excluding carboxylic acids is 3. The molecule has 8 nitrogen and oxygen atoms in total. The zero-order chi connectivity index (χ0) is 23.4. The molecule has 2 aromatic carbocycles. The van der Waals surface area contributed by atoms with Crippen LogP contribution in [0.3, 0.4) is 0 Å². The lowest BCUT2D eigenvalue weighted by molar-refractivity contribution is -0.123. The van der Waals surface area contributed by atoms with Crippen LogP contribution in [0.5, 0.6) is 0 Å². The van der Waals surface area contributed by atoms with Crippen molar-refractivity contribution in [2.75, 3.05) is 6.54 Å². The van der Waals surface area contributed by atoms with E-state index in [0.29, 0.717) is 29.0 Å². The van der Waals surface area contributed by atoms with Crippen molar-refractivity contribution in [3.8, 4) is 0 Å². The van der Waals surface area contributed by atoms with E-state index in [-0.39, 0.29) is 30.8 Å². The fourth-order valence-corrected chi connectivity index (χ4v) is 6.00. The van der Waals surface area contributed by atoms with Crippen LogP contribution in [-0.2, 0) is 26.0 Å². The van der Waals surface area contributed by atoms with E-state index in [2.05, 4.69) is 10.6 Å². The lowest BCUT2D eigenvalue weighted by atomic mass is 10.1. The number of rotatable bonds is 8. The third-order valence-corrected chi connectivity index (χ3v) is 8.32. The molecule has 1 saturated carbocycles. The van der Waals surface area contributed by atoms with E-state index in [1.165, 1.54) is 24.3 Å². The van der Waals surface area contributed by atoms with Gasteiger partial charge in [-0.25, -0.2) is 8.42 Å². The van der Waals surface area contributed by atoms with Gasteiger partial charge in [0.1, 0.15) is 0 Å². The first-order valence-electron chi connectivity index (χ1n) is 10.1. The normalized spacial score (nSPS) is 15.2. The third kappa shape index (κ3) is 4.94. The predicted molar refractivity (Wildman–Crippen MR) is 120 cm³/mol. The fourth-order valence-electron chi connectivity index (χ4n) is 3.79. The molecular weight excluding hydrogens is 454 g/mol. The summed E-state index contributed by atoms with van der Waals surface area (Å²) in [7, 11) is -3.91. The van der Waals surface area contributed by atoms with Crippen molar-refractivity contribution < 1.29 is 22.8 Å². The Kier molecular flexibility index (Phi) is 7.20. The van der Waals surface area contributed by atoms with Crippen LogP contribution in [0.25, 0.3) is 0 Å². The summed E-state index contributed by atoms with van der Waals surface area (Å²) in [5.74, 6) is -1.63. The molecule has 0 radical (unpaired) electrons. The molecule has 0 aliphatic heterocycles. The number of nitrogens with two attached hydrogens (primary N) is 1. The fraction of sp³-hybridized carbons (Fsp3) is 0.318. The Morgan fingerprint density at radius 1 is 0.938 bits per heavy atom. The van der Waals surface area contributed by atoms with Crippen LogP contribution in [0.15, 0.2) is 53.4 Å². The topological polar surface area (TPSA) is 135 Å². The molecule has 1 fully saturated rings. The Balaban J connectivity index is 1.71. The largest absolute Gasteiger partial charge is 0.368 e. The van der Waals surface area contributed by atoms with Crippen LogP contribution in [0, 0.1) is 0 Å². The zero-order valence-electron chi connectivity index (χ0n) is 17.3. The molecule has 1 aliphatic rings. The smallest absolute Gasteiger partial charge is 0.251 e. The molecule has 0 spiro atoms. The highest BCUT2D eigenvalue weighted by molar-refractivity contribution is 7.93. The highest BCUT2D eigenvalue weighted by Gasteiger charge is 2.52. The number of halogens is 1. The molecule has 2 aromatic rings. The lowest BCUT2D eigenvalue weighted by Gasteiger charge is -2.27. The van der Waals surface area contributed by atoms with Crippen LogP contribution in [0.2, 0.25) is 5.02 Å². The predicted octanol–water partition coefficient (Wildman–Crippen LogP) is 1.96. The van der Waals surface area contributed by atoms with E-state index >= 15 is 0 Å². The number of benzene rings is 2. The average molecular weight is 478 g/mol. The zero-order valence-corrected chi connectivity index (χ0v) is 18.8. The van der Waals surface area contributed by atoms with Crippen molar-refractivity contribution in [1.29, 1.82) is 0 Å². The Bertz CT molecular complexity index is 1110. The molecule has 0 unspecified atom stereocenters. The molecule has 0 aromatic heterocycles. The molecule has 3 amide bonds. The van der Waals surface area contributed by atoms with Crippen molar-refractivity contribution in [3.63, 3.8) is 0 Å². The minimum Gasteiger partial charge on any atom is -0.368 e. The molecular formula is C22H24ClN3O5S. The molecule has 1 aliphatic carbocycles. The van der Waals surface area contributed by atoms with E-state index in [1.54, 1.807) is 24.3 Å². The number of carbonyl (C=O) groups is 3. The minimum atomic E-state index is -3.91. The first-order valence-corrected chi connectivity index (χ1v) is 12.0. The van der Waals surface area contributed by atoms with Gasteiger partial charge in [-0.3, -0.25) is 14.4 Å². The van der Waals surface area contributed by atoms with E-state index in [0.717, 1.165) is 0 Å². The van der Waals surface area contributed by atoms with Gasteiger partial charge in [0.05, 0.1) is 11.4 Å². The molecule has 0 atom stereocenters. The number of primary amides is 1. The molecule has 0 heterocycles. The van der Waals surface area contributed by atoms with Gasteiger partial charge in [-0.15, -0.1) is 0 Å². The van der Waals surface area contributed by atoms with Crippen molar-refractivity contribution in [3.05, 3.63) is 64.7 Å². The summed E-state index contributed by atoms with van der Waals surface area (Å²) in [5.41, 5.74) is 6.03. The molecule has 4 N–H and O–H groups in total. The van der Waals surface area contributed by atoms with Gasteiger partial charge < -0.3 is 16.4 Å². The van der Waals surface area contributed by atoms with E-state index in [1.807, 2.05) is 0 Å². The Morgan fingerprint density at radius 2 is 1.53 bits per heavy atom. The average Bonchev–Trinajstić information content (AvgIpc) is 3.28. The SMILES string of the molecule is NC(=O)CNC(=O)c1ccc(CNC(=O)C2(S(=O)(=O)c3ccc(Cl)cc3)CCCC2)cc1. The second-order valence-electron chi connectivity index (χ2n) is 7.69. The van der Waals surface area contributed by atoms with Gasteiger partial charge in [0.2, 0.25) is 11.8 Å². The lowest BCUT2D eigenvalue weighted by Crippen LogP contribution is -2.50. The standard InChI is InChI=1S/C22H24ClN3O5S/c23-17-7-9-18(10-8-17)32(30,31)22(11-1-2-12-22)21(29)26-13-15-3-5-16(6-4-15)20(28)25-14-19(24)27/h3-10H,1-2,11-14H2,(H2,24,27)(H,25,28)(H,26,29). The van der Waals surface area contributed by atoms with E-state index in [4.69, 9.17) is 17.3 Å². The summed E-state index contributed by atoms with van der Waals surface area (Å²) in [6, 6.07) is 12.2. The van der Waals surface area contributed by atoms with E-state index in [9.17, 15) is 22.8 Å². The van der Waals surface area contributed by atoms with Gasteiger partial charge in [-0.05, 0) is 54.8 Å². The number of hydrogen-bond donors (Lipinski definition) is 3. The second kappa shape index (κ2) is 9.70. The number of amides is 3. The summed E-state index contributed by atoms with van der Waals surface area (Å²) >= 11 is 5.88. The Hall–Kier alpha value is -2.91. The third-order valence-electron chi connectivity index (χ3n) is 5.56. The van der Waals surface area contributed by atoms with Gasteiger partial charge in [-0.1, -0.05) is 36.6 Å². The Labute approximate surface area is 191 Å².